The van der Waals surface area contributed by atoms with Crippen LogP contribution in [0.2, 0.25) is 0 Å². The number of hydrogen-bond donors (Lipinski definition) is 1. The Labute approximate surface area is 162 Å². The summed E-state index contributed by atoms with van der Waals surface area (Å²) in [5.74, 6) is 0.316. The first-order chi connectivity index (χ1) is 10.3. The van der Waals surface area contributed by atoms with Crippen LogP contribution in [0.15, 0.2) is 30.3 Å². The fourth-order valence-corrected chi connectivity index (χ4v) is 2.80. The molecular weight excluding hydrogens is 327 g/mol. The average molecular weight is 346 g/mol. The van der Waals surface area contributed by atoms with E-state index in [0.29, 0.717) is 29.2 Å². The number of aliphatic hydroxyl groups excluding tert-OH is 1. The van der Waals surface area contributed by atoms with Gasteiger partial charge in [0.1, 0.15) is 0 Å². The number of aromatic nitrogens is 2. The van der Waals surface area contributed by atoms with Crippen molar-refractivity contribution < 1.29 is 47.8 Å². The molecule has 1 aliphatic carbocycles. The van der Waals surface area contributed by atoms with Crippen LogP contribution in [0.5, 0.6) is 0 Å². The largest absolute Gasteiger partial charge is 1.00 e. The van der Waals surface area contributed by atoms with Crippen molar-refractivity contribution in [3.05, 3.63) is 47.2 Å². The van der Waals surface area contributed by atoms with E-state index in [4.69, 9.17) is 0 Å². The predicted molar refractivity (Wildman–Crippen MR) is 86.2 cm³/mol. The van der Waals surface area contributed by atoms with Crippen LogP contribution in [-0.2, 0) is 12.6 Å². The van der Waals surface area contributed by atoms with Gasteiger partial charge in [0.15, 0.2) is 0 Å². The van der Waals surface area contributed by atoms with Gasteiger partial charge in [0.25, 0.3) is 0 Å². The molecule has 2 aromatic rings. The molecule has 2 unspecified atom stereocenters. The van der Waals surface area contributed by atoms with Crippen LogP contribution in [0, 0.1) is 5.92 Å². The Morgan fingerprint density at radius 1 is 1.17 bits per heavy atom. The standard InChI is InChI=1S/C16H15F3N2O.BH4.Na/c1-9-5-14-12(15(22)6-9)8-13(20-21-14)10-3-2-4-11(7-10)16(17,18)19;;/h2-4,7-9,15,22H,5-6H2,1H3;1H4;/q;-1;+1. The zero-order valence-electron chi connectivity index (χ0n) is 12.9. The topological polar surface area (TPSA) is 46.0 Å². The van der Waals surface area contributed by atoms with Crippen molar-refractivity contribution in [1.82, 2.24) is 10.2 Å². The average Bonchev–Trinajstić information content (AvgIpc) is 2.46. The zero-order chi connectivity index (χ0) is 15.9. The summed E-state index contributed by atoms with van der Waals surface area (Å²) in [4.78, 5) is 0. The summed E-state index contributed by atoms with van der Waals surface area (Å²) in [6.45, 7) is 2.02. The molecule has 0 fully saturated rings. The van der Waals surface area contributed by atoms with Gasteiger partial charge in [0.2, 0.25) is 0 Å². The number of benzene rings is 1. The number of fused-ring (bicyclic) bond motifs is 1. The minimum atomic E-state index is -4.40. The Hall–Kier alpha value is -0.885. The maximum Gasteiger partial charge on any atom is 1.00 e. The van der Waals surface area contributed by atoms with Crippen LogP contribution >= 0.6 is 0 Å². The number of halogens is 3. The molecule has 0 saturated carbocycles. The summed E-state index contributed by atoms with van der Waals surface area (Å²) >= 11 is 0. The summed E-state index contributed by atoms with van der Waals surface area (Å²) in [7, 11) is 0. The predicted octanol–water partition coefficient (Wildman–Crippen LogP) is -0.669. The van der Waals surface area contributed by atoms with Crippen molar-refractivity contribution in [3.8, 4) is 11.3 Å². The summed E-state index contributed by atoms with van der Waals surface area (Å²) in [6, 6.07) is 6.62. The van der Waals surface area contributed by atoms with Gasteiger partial charge in [-0.2, -0.15) is 23.4 Å². The minimum Gasteiger partial charge on any atom is -0.388 e. The zero-order valence-corrected chi connectivity index (χ0v) is 14.9. The van der Waals surface area contributed by atoms with E-state index in [1.165, 1.54) is 6.07 Å². The molecule has 2 atom stereocenters. The second-order valence-electron chi connectivity index (χ2n) is 5.77. The first-order valence-electron chi connectivity index (χ1n) is 7.07. The van der Waals surface area contributed by atoms with Gasteiger partial charge in [-0.25, -0.2) is 0 Å². The Bertz CT molecular complexity index is 712. The SMILES string of the molecule is CC1Cc2nnc(-c3cccc(C(F)(F)F)c3)cc2C(O)C1.[BH4-].[Na+]. The van der Waals surface area contributed by atoms with E-state index in [-0.39, 0.29) is 38.0 Å². The Balaban J connectivity index is 0.00000144. The first-order valence-corrected chi connectivity index (χ1v) is 7.07. The van der Waals surface area contributed by atoms with Crippen molar-refractivity contribution in [2.75, 3.05) is 0 Å². The summed E-state index contributed by atoms with van der Waals surface area (Å²) < 4.78 is 38.4. The molecule has 8 heteroatoms. The van der Waals surface area contributed by atoms with E-state index in [1.54, 1.807) is 12.1 Å². The molecule has 124 valence electrons. The van der Waals surface area contributed by atoms with Gasteiger partial charge in [0.05, 0.1) is 23.1 Å². The molecule has 0 amide bonds. The molecule has 0 aliphatic heterocycles. The van der Waals surface area contributed by atoms with Gasteiger partial charge < -0.3 is 5.11 Å². The van der Waals surface area contributed by atoms with Gasteiger partial charge >= 0.3 is 35.7 Å². The van der Waals surface area contributed by atoms with Crippen molar-refractivity contribution in [1.29, 1.82) is 0 Å². The van der Waals surface area contributed by atoms with Crippen molar-refractivity contribution >= 4 is 8.41 Å². The normalized spacial score (nSPS) is 19.7. The number of nitrogens with zero attached hydrogens (tertiary/aromatic N) is 2. The monoisotopic (exact) mass is 346 g/mol. The second-order valence-corrected chi connectivity index (χ2v) is 5.77. The van der Waals surface area contributed by atoms with E-state index in [2.05, 4.69) is 10.2 Å². The molecule has 24 heavy (non-hydrogen) atoms. The van der Waals surface area contributed by atoms with Crippen LogP contribution in [0.4, 0.5) is 13.2 Å². The molecule has 0 saturated heterocycles. The Morgan fingerprint density at radius 3 is 2.54 bits per heavy atom. The number of aliphatic hydroxyl groups is 1. The van der Waals surface area contributed by atoms with Crippen LogP contribution < -0.4 is 29.6 Å². The molecule has 1 aromatic carbocycles. The Morgan fingerprint density at radius 2 is 1.88 bits per heavy atom. The number of alkyl halides is 3. The number of rotatable bonds is 1. The van der Waals surface area contributed by atoms with Gasteiger partial charge in [-0.3, -0.25) is 0 Å². The van der Waals surface area contributed by atoms with Crippen LogP contribution in [0.1, 0.15) is 36.3 Å². The first kappa shape index (κ1) is 21.2. The molecule has 1 N–H and O–H groups in total. The molecule has 1 heterocycles. The van der Waals surface area contributed by atoms with Crippen molar-refractivity contribution in [2.24, 2.45) is 5.92 Å². The third kappa shape index (κ3) is 4.39. The third-order valence-corrected chi connectivity index (χ3v) is 3.92. The molecule has 1 aliphatic rings. The quantitative estimate of drug-likeness (QED) is 0.697. The van der Waals surface area contributed by atoms with Crippen LogP contribution in [0.3, 0.4) is 0 Å². The molecule has 1 aromatic heterocycles. The summed E-state index contributed by atoms with van der Waals surface area (Å²) in [5, 5.41) is 18.3. The van der Waals surface area contributed by atoms with Gasteiger partial charge in [0, 0.05) is 11.1 Å². The van der Waals surface area contributed by atoms with Crippen molar-refractivity contribution in [2.45, 2.75) is 32.0 Å². The maximum atomic E-state index is 12.8. The Kier molecular flexibility index (Phi) is 7.05. The van der Waals surface area contributed by atoms with E-state index in [1.807, 2.05) is 6.92 Å². The molecule has 0 radical (unpaired) electrons. The van der Waals surface area contributed by atoms with Gasteiger partial charge in [-0.05, 0) is 37.0 Å². The molecule has 0 bridgehead atoms. The molecule has 0 spiro atoms. The minimum absolute atomic E-state index is 0. The van der Waals surface area contributed by atoms with E-state index >= 15 is 0 Å². The number of hydrogen-bond acceptors (Lipinski definition) is 3. The maximum absolute atomic E-state index is 12.8. The van der Waals surface area contributed by atoms with Crippen LogP contribution in [0.25, 0.3) is 11.3 Å². The molecule has 3 rings (SSSR count). The van der Waals surface area contributed by atoms with Gasteiger partial charge in [-0.15, -0.1) is 0 Å². The second kappa shape index (κ2) is 8.00. The summed E-state index contributed by atoms with van der Waals surface area (Å²) in [5.41, 5.74) is 1.36. The van der Waals surface area contributed by atoms with Crippen molar-refractivity contribution in [3.63, 3.8) is 0 Å². The smallest absolute Gasteiger partial charge is 0.388 e. The van der Waals surface area contributed by atoms with Crippen LogP contribution in [-0.4, -0.2) is 23.7 Å². The fourth-order valence-electron chi connectivity index (χ4n) is 2.80. The molecular formula is C16H19BF3N2NaO. The third-order valence-electron chi connectivity index (χ3n) is 3.92. The van der Waals surface area contributed by atoms with E-state index < -0.39 is 17.8 Å². The fraction of sp³-hybridized carbons (Fsp3) is 0.375. The van der Waals surface area contributed by atoms with E-state index in [0.717, 1.165) is 24.2 Å². The van der Waals surface area contributed by atoms with Gasteiger partial charge in [-0.1, -0.05) is 27.5 Å². The molecule has 3 nitrogen and oxygen atoms in total. The van der Waals surface area contributed by atoms with E-state index in [9.17, 15) is 18.3 Å². The summed E-state index contributed by atoms with van der Waals surface area (Å²) in [6.07, 6.45) is -3.69.